The lowest BCUT2D eigenvalue weighted by Gasteiger charge is -2.44. The zero-order valence-corrected chi connectivity index (χ0v) is 16.4. The van der Waals surface area contributed by atoms with Gasteiger partial charge in [-0.05, 0) is 56.3 Å². The molecule has 3 aliphatic heterocycles. The van der Waals surface area contributed by atoms with Gasteiger partial charge >= 0.3 is 6.18 Å². The van der Waals surface area contributed by atoms with Crippen LogP contribution in [0.25, 0.3) is 0 Å². The molecule has 3 nitrogen and oxygen atoms in total. The molecule has 0 amide bonds. The molecule has 150 valence electrons. The highest BCUT2D eigenvalue weighted by Crippen LogP contribution is 2.32. The van der Waals surface area contributed by atoms with Crippen LogP contribution in [0.15, 0.2) is 24.3 Å². The smallest absolute Gasteiger partial charge is 0.369 e. The highest BCUT2D eigenvalue weighted by molar-refractivity contribution is 7.99. The van der Waals surface area contributed by atoms with Gasteiger partial charge in [-0.15, -0.1) is 0 Å². The highest BCUT2D eigenvalue weighted by Gasteiger charge is 2.33. The summed E-state index contributed by atoms with van der Waals surface area (Å²) in [6, 6.07) is 7.17. The van der Waals surface area contributed by atoms with E-state index < -0.39 is 11.7 Å². The van der Waals surface area contributed by atoms with E-state index in [1.807, 2.05) is 0 Å². The number of anilines is 1. The Bertz CT molecular complexity index is 617. The Morgan fingerprint density at radius 2 is 1.56 bits per heavy atom. The molecule has 0 N–H and O–H groups in total. The topological polar surface area (TPSA) is 9.72 Å². The van der Waals surface area contributed by atoms with Gasteiger partial charge in [0, 0.05) is 49.7 Å². The van der Waals surface area contributed by atoms with E-state index in [0.29, 0.717) is 11.7 Å². The molecular weight excluding hydrogens is 371 g/mol. The zero-order chi connectivity index (χ0) is 18.9. The fraction of sp³-hybridized carbons (Fsp3) is 0.700. The third-order valence-corrected chi connectivity index (χ3v) is 7.44. The number of rotatable bonds is 3. The normalized spacial score (nSPS) is 26.6. The number of nitrogens with zero attached hydrogens (tertiary/aromatic N) is 3. The van der Waals surface area contributed by atoms with Gasteiger partial charge in [0.1, 0.15) is 0 Å². The van der Waals surface area contributed by atoms with Crippen molar-refractivity contribution < 1.29 is 13.2 Å². The molecule has 27 heavy (non-hydrogen) atoms. The lowest BCUT2D eigenvalue weighted by Crippen LogP contribution is -2.54. The Balaban J connectivity index is 1.28. The second kappa shape index (κ2) is 8.21. The van der Waals surface area contributed by atoms with Gasteiger partial charge in [-0.25, -0.2) is 0 Å². The van der Waals surface area contributed by atoms with Crippen LogP contribution in [0.5, 0.6) is 0 Å². The minimum Gasteiger partial charge on any atom is -0.369 e. The number of piperazine rings is 1. The molecule has 4 rings (SSSR count). The van der Waals surface area contributed by atoms with Crippen molar-refractivity contribution in [3.63, 3.8) is 0 Å². The molecule has 0 unspecified atom stereocenters. The van der Waals surface area contributed by atoms with Gasteiger partial charge in [0.05, 0.1) is 5.56 Å². The number of hydrogen-bond acceptors (Lipinski definition) is 4. The number of alkyl halides is 3. The van der Waals surface area contributed by atoms with Crippen molar-refractivity contribution in [2.45, 2.75) is 37.5 Å². The number of piperidine rings is 1. The zero-order valence-electron chi connectivity index (χ0n) is 15.6. The van der Waals surface area contributed by atoms with E-state index in [0.717, 1.165) is 38.3 Å². The van der Waals surface area contributed by atoms with Crippen LogP contribution in [0, 0.1) is 0 Å². The SMILES string of the molecule is FC(F)(F)c1cccc(N2CCN(C3CCN([C@@H]4CCSC4)CC3)CC2)c1. The molecule has 1 atom stereocenters. The number of thioether (sulfide) groups is 1. The van der Waals surface area contributed by atoms with Crippen molar-refractivity contribution >= 4 is 17.4 Å². The van der Waals surface area contributed by atoms with Crippen LogP contribution < -0.4 is 4.90 Å². The molecule has 0 spiro atoms. The van der Waals surface area contributed by atoms with Crippen molar-refractivity contribution in [3.8, 4) is 0 Å². The molecule has 0 aliphatic carbocycles. The van der Waals surface area contributed by atoms with Gasteiger partial charge in [-0.1, -0.05) is 6.07 Å². The molecule has 3 fully saturated rings. The maximum absolute atomic E-state index is 13.0. The summed E-state index contributed by atoms with van der Waals surface area (Å²) in [5, 5.41) is 0. The van der Waals surface area contributed by atoms with E-state index in [2.05, 4.69) is 26.5 Å². The summed E-state index contributed by atoms with van der Waals surface area (Å²) in [4.78, 5) is 7.33. The molecule has 0 aromatic heterocycles. The monoisotopic (exact) mass is 399 g/mol. The first-order valence-electron chi connectivity index (χ1n) is 9.99. The Morgan fingerprint density at radius 3 is 2.19 bits per heavy atom. The van der Waals surface area contributed by atoms with Crippen LogP contribution in [0.2, 0.25) is 0 Å². The maximum Gasteiger partial charge on any atom is 0.416 e. The number of hydrogen-bond donors (Lipinski definition) is 0. The van der Waals surface area contributed by atoms with Crippen LogP contribution in [0.1, 0.15) is 24.8 Å². The summed E-state index contributed by atoms with van der Waals surface area (Å²) < 4.78 is 38.9. The average molecular weight is 400 g/mol. The molecule has 1 aromatic rings. The van der Waals surface area contributed by atoms with Gasteiger partial charge in [0.15, 0.2) is 0 Å². The summed E-state index contributed by atoms with van der Waals surface area (Å²) in [6.45, 7) is 5.90. The first-order valence-corrected chi connectivity index (χ1v) is 11.1. The lowest BCUT2D eigenvalue weighted by molar-refractivity contribution is -0.137. The quantitative estimate of drug-likeness (QED) is 0.765. The number of benzene rings is 1. The summed E-state index contributed by atoms with van der Waals surface area (Å²) in [5.74, 6) is 2.60. The van der Waals surface area contributed by atoms with Gasteiger partial charge < -0.3 is 4.90 Å². The molecular formula is C20H28F3N3S. The Morgan fingerprint density at radius 1 is 0.852 bits per heavy atom. The predicted molar refractivity (Wildman–Crippen MR) is 106 cm³/mol. The fourth-order valence-corrected chi connectivity index (χ4v) is 5.91. The van der Waals surface area contributed by atoms with Crippen LogP contribution in [-0.2, 0) is 6.18 Å². The second-order valence-electron chi connectivity index (χ2n) is 7.86. The van der Waals surface area contributed by atoms with E-state index in [-0.39, 0.29) is 0 Å². The minimum absolute atomic E-state index is 0.556. The van der Waals surface area contributed by atoms with Crippen molar-refractivity contribution in [3.05, 3.63) is 29.8 Å². The van der Waals surface area contributed by atoms with Crippen LogP contribution >= 0.6 is 11.8 Å². The van der Waals surface area contributed by atoms with Crippen molar-refractivity contribution in [2.24, 2.45) is 0 Å². The molecule has 7 heteroatoms. The molecule has 3 saturated heterocycles. The Hall–Kier alpha value is -0.920. The van der Waals surface area contributed by atoms with Crippen molar-refractivity contribution in [1.29, 1.82) is 0 Å². The highest BCUT2D eigenvalue weighted by atomic mass is 32.2. The summed E-state index contributed by atoms with van der Waals surface area (Å²) in [5.41, 5.74) is 0.137. The van der Waals surface area contributed by atoms with Gasteiger partial charge in [-0.3, -0.25) is 9.80 Å². The summed E-state index contributed by atoms with van der Waals surface area (Å²) >= 11 is 2.08. The average Bonchev–Trinajstić information content (AvgIpc) is 3.23. The van der Waals surface area contributed by atoms with Crippen molar-refractivity contribution in [1.82, 2.24) is 9.80 Å². The lowest BCUT2D eigenvalue weighted by atomic mass is 10.00. The standard InChI is InChI=1S/C20H28F3N3S/c21-20(22,23)16-2-1-3-18(14-16)26-11-9-25(10-12-26)17-4-7-24(8-5-17)19-6-13-27-15-19/h1-3,14,17,19H,4-13,15H2/t19-/m1/s1. The second-order valence-corrected chi connectivity index (χ2v) is 9.01. The third-order valence-electron chi connectivity index (χ3n) is 6.29. The van der Waals surface area contributed by atoms with E-state index >= 15 is 0 Å². The third kappa shape index (κ3) is 4.57. The predicted octanol–water partition coefficient (Wildman–Crippen LogP) is 3.80. The Labute approximate surface area is 163 Å². The first-order chi connectivity index (χ1) is 13.0. The van der Waals surface area contributed by atoms with E-state index in [1.165, 1.54) is 56.0 Å². The minimum atomic E-state index is -4.27. The van der Waals surface area contributed by atoms with Gasteiger partial charge in [-0.2, -0.15) is 24.9 Å². The largest absolute Gasteiger partial charge is 0.416 e. The fourth-order valence-electron chi connectivity index (χ4n) is 4.65. The number of halogens is 3. The van der Waals surface area contributed by atoms with Crippen LogP contribution in [0.3, 0.4) is 0 Å². The molecule has 0 radical (unpaired) electrons. The summed E-state index contributed by atoms with van der Waals surface area (Å²) in [7, 11) is 0. The maximum atomic E-state index is 13.0. The van der Waals surface area contributed by atoms with Gasteiger partial charge in [0.2, 0.25) is 0 Å². The first kappa shape index (κ1) is 19.4. The van der Waals surface area contributed by atoms with E-state index in [1.54, 1.807) is 6.07 Å². The van der Waals surface area contributed by atoms with Crippen LogP contribution in [0.4, 0.5) is 18.9 Å². The molecule has 0 saturated carbocycles. The Kier molecular flexibility index (Phi) is 5.90. The molecule has 0 bridgehead atoms. The van der Waals surface area contributed by atoms with Crippen LogP contribution in [-0.4, -0.2) is 72.7 Å². The van der Waals surface area contributed by atoms with E-state index in [9.17, 15) is 13.2 Å². The molecule has 3 heterocycles. The molecule has 1 aromatic carbocycles. The van der Waals surface area contributed by atoms with Crippen molar-refractivity contribution in [2.75, 3.05) is 55.7 Å². The summed E-state index contributed by atoms with van der Waals surface area (Å²) in [6.07, 6.45) is -0.482. The van der Waals surface area contributed by atoms with E-state index in [4.69, 9.17) is 0 Å². The van der Waals surface area contributed by atoms with Gasteiger partial charge in [0.25, 0.3) is 0 Å². The molecule has 3 aliphatic rings. The number of likely N-dealkylation sites (tertiary alicyclic amines) is 1.